The molecule has 3 heterocycles. The minimum atomic E-state index is -0.593. The van der Waals surface area contributed by atoms with Gasteiger partial charge in [-0.3, -0.25) is 9.59 Å². The Labute approximate surface area is 140 Å². The highest BCUT2D eigenvalue weighted by atomic mass is 16.3. The van der Waals surface area contributed by atoms with Crippen molar-refractivity contribution in [2.75, 3.05) is 31.1 Å². The molecule has 130 valence electrons. The molecular formula is C16H23N5O3. The molecule has 8 heteroatoms. The molecule has 0 aromatic carbocycles. The Hall–Kier alpha value is -2.22. The van der Waals surface area contributed by atoms with Gasteiger partial charge >= 0.3 is 0 Å². The Morgan fingerprint density at radius 3 is 2.25 bits per heavy atom. The minimum absolute atomic E-state index is 0.0364. The van der Waals surface area contributed by atoms with E-state index in [9.17, 15) is 14.7 Å². The van der Waals surface area contributed by atoms with Gasteiger partial charge in [-0.2, -0.15) is 0 Å². The van der Waals surface area contributed by atoms with E-state index in [0.29, 0.717) is 31.7 Å². The predicted molar refractivity (Wildman–Crippen MR) is 87.3 cm³/mol. The van der Waals surface area contributed by atoms with Gasteiger partial charge in [-0.1, -0.05) is 0 Å². The lowest BCUT2D eigenvalue weighted by molar-refractivity contribution is -0.138. The summed E-state index contributed by atoms with van der Waals surface area (Å²) in [6.45, 7) is 2.77. The van der Waals surface area contributed by atoms with Crippen molar-refractivity contribution in [3.05, 3.63) is 17.8 Å². The van der Waals surface area contributed by atoms with Gasteiger partial charge in [0, 0.05) is 32.1 Å². The molecule has 0 atom stereocenters. The first kappa shape index (κ1) is 16.6. The highest BCUT2D eigenvalue weighted by Gasteiger charge is 2.30. The number of aliphatic hydroxyl groups excluding tert-OH is 1. The van der Waals surface area contributed by atoms with Gasteiger partial charge in [0.25, 0.3) is 5.91 Å². The van der Waals surface area contributed by atoms with Gasteiger partial charge in [-0.05, 0) is 37.8 Å². The fourth-order valence-corrected chi connectivity index (χ4v) is 3.33. The van der Waals surface area contributed by atoms with Gasteiger partial charge in [0.15, 0.2) is 11.5 Å². The van der Waals surface area contributed by atoms with Gasteiger partial charge in [0.1, 0.15) is 0 Å². The second kappa shape index (κ2) is 7.12. The fourth-order valence-electron chi connectivity index (χ4n) is 3.33. The Morgan fingerprint density at radius 1 is 1.04 bits per heavy atom. The highest BCUT2D eigenvalue weighted by molar-refractivity contribution is 5.90. The van der Waals surface area contributed by atoms with Crippen LogP contribution >= 0.6 is 0 Å². The third kappa shape index (κ3) is 3.64. The number of anilines is 1. The predicted octanol–water partition coefficient (Wildman–Crippen LogP) is -0.225. The maximum absolute atomic E-state index is 12.6. The molecule has 0 aliphatic carbocycles. The van der Waals surface area contributed by atoms with Crippen LogP contribution < -0.4 is 10.6 Å². The van der Waals surface area contributed by atoms with Crippen LogP contribution in [0.25, 0.3) is 0 Å². The highest BCUT2D eigenvalue weighted by Crippen LogP contribution is 2.24. The van der Waals surface area contributed by atoms with E-state index in [-0.39, 0.29) is 23.6 Å². The van der Waals surface area contributed by atoms with Gasteiger partial charge in [0.05, 0.1) is 6.10 Å². The van der Waals surface area contributed by atoms with Gasteiger partial charge in [-0.15, -0.1) is 10.2 Å². The van der Waals surface area contributed by atoms with E-state index in [2.05, 4.69) is 15.1 Å². The number of primary amides is 1. The maximum atomic E-state index is 12.6. The number of carbonyl (C=O) groups excluding carboxylic acids is 2. The van der Waals surface area contributed by atoms with Crippen LogP contribution in [-0.2, 0) is 4.79 Å². The topological polar surface area (TPSA) is 113 Å². The molecule has 1 aromatic rings. The monoisotopic (exact) mass is 333 g/mol. The van der Waals surface area contributed by atoms with Crippen molar-refractivity contribution in [3.8, 4) is 0 Å². The number of likely N-dealkylation sites (tertiary alicyclic amines) is 1. The zero-order valence-corrected chi connectivity index (χ0v) is 13.6. The van der Waals surface area contributed by atoms with E-state index in [4.69, 9.17) is 5.73 Å². The summed E-state index contributed by atoms with van der Waals surface area (Å²) >= 11 is 0. The number of amides is 2. The Kier molecular flexibility index (Phi) is 4.94. The first-order chi connectivity index (χ1) is 11.5. The molecule has 2 aliphatic rings. The summed E-state index contributed by atoms with van der Waals surface area (Å²) in [6, 6.07) is 3.31. The number of aliphatic hydroxyl groups is 1. The van der Waals surface area contributed by atoms with Gasteiger partial charge in [-0.25, -0.2) is 0 Å². The average Bonchev–Trinajstić information content (AvgIpc) is 2.62. The molecule has 0 spiro atoms. The molecule has 1 aromatic heterocycles. The summed E-state index contributed by atoms with van der Waals surface area (Å²) in [4.78, 5) is 27.5. The maximum Gasteiger partial charge on any atom is 0.269 e. The minimum Gasteiger partial charge on any atom is -0.393 e. The smallest absolute Gasteiger partial charge is 0.269 e. The van der Waals surface area contributed by atoms with E-state index < -0.39 is 5.91 Å². The van der Waals surface area contributed by atoms with E-state index in [1.54, 1.807) is 12.1 Å². The number of nitrogens with two attached hydrogens (primary N) is 1. The normalized spacial score (nSPS) is 20.2. The van der Waals surface area contributed by atoms with Crippen molar-refractivity contribution in [3.63, 3.8) is 0 Å². The first-order valence-electron chi connectivity index (χ1n) is 8.40. The molecule has 24 heavy (non-hydrogen) atoms. The van der Waals surface area contributed by atoms with Crippen LogP contribution in [0.5, 0.6) is 0 Å². The molecule has 2 aliphatic heterocycles. The van der Waals surface area contributed by atoms with Crippen LogP contribution in [-0.4, -0.2) is 64.3 Å². The summed E-state index contributed by atoms with van der Waals surface area (Å²) < 4.78 is 0. The lowest BCUT2D eigenvalue weighted by Crippen LogP contribution is -2.46. The van der Waals surface area contributed by atoms with Crippen molar-refractivity contribution in [2.45, 2.75) is 31.8 Å². The number of rotatable bonds is 3. The molecule has 0 bridgehead atoms. The van der Waals surface area contributed by atoms with Crippen molar-refractivity contribution in [1.82, 2.24) is 15.1 Å². The summed E-state index contributed by atoms with van der Waals surface area (Å²) in [5, 5.41) is 17.4. The van der Waals surface area contributed by atoms with Crippen LogP contribution in [0.4, 0.5) is 5.82 Å². The lowest BCUT2D eigenvalue weighted by Gasteiger charge is -2.36. The summed E-state index contributed by atoms with van der Waals surface area (Å²) in [5.41, 5.74) is 5.31. The van der Waals surface area contributed by atoms with Crippen molar-refractivity contribution in [2.24, 2.45) is 11.7 Å². The van der Waals surface area contributed by atoms with Gasteiger partial charge < -0.3 is 20.6 Å². The third-order valence-corrected chi connectivity index (χ3v) is 4.85. The van der Waals surface area contributed by atoms with Crippen LogP contribution in [0.15, 0.2) is 12.1 Å². The van der Waals surface area contributed by atoms with E-state index >= 15 is 0 Å². The zero-order valence-electron chi connectivity index (χ0n) is 13.6. The van der Waals surface area contributed by atoms with Gasteiger partial charge in [0.2, 0.25) is 5.91 Å². The third-order valence-electron chi connectivity index (χ3n) is 4.85. The lowest BCUT2D eigenvalue weighted by atomic mass is 9.94. The molecule has 0 radical (unpaired) electrons. The molecule has 3 rings (SSSR count). The largest absolute Gasteiger partial charge is 0.393 e. The van der Waals surface area contributed by atoms with Crippen LogP contribution in [0, 0.1) is 5.92 Å². The molecule has 2 fully saturated rings. The number of carbonyl (C=O) groups is 2. The summed E-state index contributed by atoms with van der Waals surface area (Å²) in [5.74, 6) is 0.350. The van der Waals surface area contributed by atoms with E-state index in [1.807, 2.05) is 4.90 Å². The molecule has 8 nitrogen and oxygen atoms in total. The second-order valence-electron chi connectivity index (χ2n) is 6.46. The molecule has 2 saturated heterocycles. The quantitative estimate of drug-likeness (QED) is 0.790. The van der Waals surface area contributed by atoms with E-state index in [1.165, 1.54) is 0 Å². The first-order valence-corrected chi connectivity index (χ1v) is 8.40. The summed E-state index contributed by atoms with van der Waals surface area (Å²) in [7, 11) is 0. The van der Waals surface area contributed by atoms with Crippen molar-refractivity contribution < 1.29 is 14.7 Å². The number of hydrogen-bond donors (Lipinski definition) is 2. The number of nitrogens with zero attached hydrogens (tertiary/aromatic N) is 4. The number of piperidine rings is 2. The fraction of sp³-hybridized carbons (Fsp3) is 0.625. The number of hydrogen-bond acceptors (Lipinski definition) is 6. The van der Waals surface area contributed by atoms with Crippen LogP contribution in [0.1, 0.15) is 36.2 Å². The second-order valence-corrected chi connectivity index (χ2v) is 6.46. The zero-order chi connectivity index (χ0) is 17.1. The molecule has 0 unspecified atom stereocenters. The average molecular weight is 333 g/mol. The van der Waals surface area contributed by atoms with Crippen molar-refractivity contribution >= 4 is 17.6 Å². The Bertz CT molecular complexity index is 590. The Morgan fingerprint density at radius 2 is 1.71 bits per heavy atom. The molecule has 0 saturated carbocycles. The van der Waals surface area contributed by atoms with Crippen molar-refractivity contribution in [1.29, 1.82) is 0 Å². The molecular weight excluding hydrogens is 310 g/mol. The number of aromatic nitrogens is 2. The summed E-state index contributed by atoms with van der Waals surface area (Å²) in [6.07, 6.45) is 2.63. The molecule has 3 N–H and O–H groups in total. The molecule has 2 amide bonds. The van der Waals surface area contributed by atoms with E-state index in [0.717, 1.165) is 25.9 Å². The standard InChI is InChI=1S/C16H23N5O3/c17-15(23)13-1-2-14(19-18-13)20-7-3-11(4-8-20)16(24)21-9-5-12(22)6-10-21/h1-2,11-12,22H,3-10H2,(H2,17,23). The Balaban J connectivity index is 1.53. The van der Waals surface area contributed by atoms with Crippen LogP contribution in [0.3, 0.4) is 0 Å². The SMILES string of the molecule is NC(=O)c1ccc(N2CCC(C(=O)N3CCC(O)CC3)CC2)nn1. The van der Waals surface area contributed by atoms with Crippen LogP contribution in [0.2, 0.25) is 0 Å².